The molecule has 1 atom stereocenters. The maximum Gasteiger partial charge on any atom is 0.191 e. The number of aromatic nitrogens is 2. The smallest absolute Gasteiger partial charge is 0.191 e. The molecule has 0 aliphatic carbocycles. The Labute approximate surface area is 200 Å². The molecule has 2 N–H and O–H groups in total. The van der Waals surface area contributed by atoms with Crippen molar-refractivity contribution < 1.29 is 9.47 Å². The van der Waals surface area contributed by atoms with Crippen LogP contribution < -0.4 is 20.1 Å². The van der Waals surface area contributed by atoms with Crippen LogP contribution in [0.15, 0.2) is 72.0 Å². The van der Waals surface area contributed by atoms with Gasteiger partial charge in [-0.15, -0.1) is 24.0 Å². The molecule has 7 nitrogen and oxygen atoms in total. The van der Waals surface area contributed by atoms with Crippen LogP contribution in [0, 0.1) is 0 Å². The predicted molar refractivity (Wildman–Crippen MR) is 135 cm³/mol. The number of hydrogen-bond acceptors (Lipinski definition) is 4. The fraction of sp³-hybridized carbons (Fsp3) is 0.304. The first-order valence-corrected chi connectivity index (χ1v) is 10.0. The molecule has 31 heavy (non-hydrogen) atoms. The van der Waals surface area contributed by atoms with Crippen molar-refractivity contribution in [3.05, 3.63) is 72.6 Å². The van der Waals surface area contributed by atoms with Crippen molar-refractivity contribution in [2.75, 3.05) is 27.2 Å². The summed E-state index contributed by atoms with van der Waals surface area (Å²) < 4.78 is 12.9. The normalized spacial score (nSPS) is 11.9. The monoisotopic (exact) mass is 535 g/mol. The Bertz CT molecular complexity index is 912. The lowest BCUT2D eigenvalue weighted by molar-refractivity contribution is 0.223. The summed E-state index contributed by atoms with van der Waals surface area (Å²) in [7, 11) is 3.42. The molecule has 0 amide bonds. The first-order chi connectivity index (χ1) is 14.7. The number of aliphatic imine (C=N–C) groups is 1. The Morgan fingerprint density at radius 1 is 1.06 bits per heavy atom. The second-order valence-electron chi connectivity index (χ2n) is 6.85. The zero-order valence-corrected chi connectivity index (χ0v) is 20.4. The molecule has 0 spiro atoms. The van der Waals surface area contributed by atoms with Crippen molar-refractivity contribution >= 4 is 29.9 Å². The van der Waals surface area contributed by atoms with Gasteiger partial charge in [-0.05, 0) is 61.4 Å². The van der Waals surface area contributed by atoms with Crippen LogP contribution in [0.25, 0.3) is 5.69 Å². The van der Waals surface area contributed by atoms with Crippen molar-refractivity contribution in [3.8, 4) is 17.2 Å². The predicted octanol–water partition coefficient (Wildman–Crippen LogP) is 3.67. The molecule has 166 valence electrons. The van der Waals surface area contributed by atoms with Gasteiger partial charge in [-0.1, -0.05) is 12.1 Å². The van der Waals surface area contributed by atoms with Gasteiger partial charge >= 0.3 is 0 Å². The van der Waals surface area contributed by atoms with Crippen LogP contribution in [0.2, 0.25) is 0 Å². The summed E-state index contributed by atoms with van der Waals surface area (Å²) in [6.45, 7) is 3.45. The summed E-state index contributed by atoms with van der Waals surface area (Å²) in [5.74, 6) is 2.38. The van der Waals surface area contributed by atoms with Gasteiger partial charge in [-0.25, -0.2) is 4.68 Å². The SMILES string of the molecule is CN=C(NCCc1ccc(-n2cccn2)cc1)NCC(C)Oc1ccc(OC)cc1.I. The quantitative estimate of drug-likeness (QED) is 0.249. The van der Waals surface area contributed by atoms with E-state index in [2.05, 4.69) is 45.0 Å². The highest BCUT2D eigenvalue weighted by molar-refractivity contribution is 14.0. The van der Waals surface area contributed by atoms with E-state index in [0.717, 1.165) is 36.1 Å². The Kier molecular flexibility index (Phi) is 10.2. The highest BCUT2D eigenvalue weighted by Gasteiger charge is 2.06. The van der Waals surface area contributed by atoms with E-state index in [9.17, 15) is 0 Å². The zero-order valence-electron chi connectivity index (χ0n) is 18.1. The average molecular weight is 535 g/mol. The number of benzene rings is 2. The number of ether oxygens (including phenoxy) is 2. The molecule has 8 heteroatoms. The molecule has 0 aliphatic heterocycles. The second-order valence-corrected chi connectivity index (χ2v) is 6.85. The van der Waals surface area contributed by atoms with E-state index in [4.69, 9.17) is 9.47 Å². The summed E-state index contributed by atoms with van der Waals surface area (Å²) in [4.78, 5) is 4.28. The fourth-order valence-corrected chi connectivity index (χ4v) is 2.95. The summed E-state index contributed by atoms with van der Waals surface area (Å²) in [6, 6.07) is 17.9. The van der Waals surface area contributed by atoms with Gasteiger partial charge in [0.15, 0.2) is 5.96 Å². The molecule has 0 saturated heterocycles. The van der Waals surface area contributed by atoms with Crippen LogP contribution in [0.3, 0.4) is 0 Å². The van der Waals surface area contributed by atoms with Crippen molar-refractivity contribution in [1.82, 2.24) is 20.4 Å². The minimum absolute atomic E-state index is 0. The molecule has 3 rings (SSSR count). The van der Waals surface area contributed by atoms with E-state index in [-0.39, 0.29) is 30.1 Å². The number of guanidine groups is 1. The Morgan fingerprint density at radius 2 is 1.77 bits per heavy atom. The van der Waals surface area contributed by atoms with Crippen molar-refractivity contribution in [3.63, 3.8) is 0 Å². The standard InChI is InChI=1S/C23H29N5O2.HI/c1-18(30-22-11-9-21(29-3)10-12-22)17-26-23(24-2)25-15-13-19-5-7-20(8-6-19)28-16-4-14-27-28;/h4-12,14,16,18H,13,15,17H2,1-3H3,(H2,24,25,26);1H. The van der Waals surface area contributed by atoms with Gasteiger partial charge < -0.3 is 20.1 Å². The topological polar surface area (TPSA) is 72.7 Å². The molecule has 3 aromatic rings. The molecule has 0 radical (unpaired) electrons. The van der Waals surface area contributed by atoms with Gasteiger partial charge in [0.2, 0.25) is 0 Å². The van der Waals surface area contributed by atoms with Crippen LogP contribution >= 0.6 is 24.0 Å². The number of methoxy groups -OCH3 is 1. The molecule has 0 bridgehead atoms. The molecule has 0 fully saturated rings. The van der Waals surface area contributed by atoms with Crippen LogP contribution in [0.5, 0.6) is 11.5 Å². The van der Waals surface area contributed by atoms with E-state index < -0.39 is 0 Å². The summed E-state index contributed by atoms with van der Waals surface area (Å²) in [6.07, 6.45) is 4.61. The van der Waals surface area contributed by atoms with Gasteiger partial charge in [-0.3, -0.25) is 4.99 Å². The molecule has 1 unspecified atom stereocenters. The van der Waals surface area contributed by atoms with E-state index in [1.807, 2.05) is 48.1 Å². The van der Waals surface area contributed by atoms with Gasteiger partial charge in [-0.2, -0.15) is 5.10 Å². The van der Waals surface area contributed by atoms with Gasteiger partial charge in [0.1, 0.15) is 17.6 Å². The van der Waals surface area contributed by atoms with Crippen LogP contribution in [-0.2, 0) is 6.42 Å². The third-order valence-electron chi connectivity index (χ3n) is 4.59. The van der Waals surface area contributed by atoms with E-state index >= 15 is 0 Å². The summed E-state index contributed by atoms with van der Waals surface area (Å²) in [5, 5.41) is 10.9. The maximum atomic E-state index is 5.92. The minimum Gasteiger partial charge on any atom is -0.497 e. The Balaban J connectivity index is 0.00000341. The van der Waals surface area contributed by atoms with Gasteiger partial charge in [0.05, 0.1) is 19.3 Å². The number of rotatable bonds is 9. The fourth-order valence-electron chi connectivity index (χ4n) is 2.95. The van der Waals surface area contributed by atoms with Crippen molar-refractivity contribution in [2.45, 2.75) is 19.4 Å². The molecule has 1 aromatic heterocycles. The van der Waals surface area contributed by atoms with Crippen molar-refractivity contribution in [1.29, 1.82) is 0 Å². The largest absolute Gasteiger partial charge is 0.497 e. The van der Waals surface area contributed by atoms with E-state index in [1.165, 1.54) is 5.56 Å². The number of nitrogens with zero attached hydrogens (tertiary/aromatic N) is 3. The Hall–Kier alpha value is -2.75. The molecule has 0 saturated carbocycles. The van der Waals surface area contributed by atoms with Crippen LogP contribution in [0.4, 0.5) is 0 Å². The first-order valence-electron chi connectivity index (χ1n) is 10.0. The third kappa shape index (κ3) is 7.78. The summed E-state index contributed by atoms with van der Waals surface area (Å²) >= 11 is 0. The van der Waals surface area contributed by atoms with Gasteiger partial charge in [0, 0.05) is 26.0 Å². The lowest BCUT2D eigenvalue weighted by Crippen LogP contribution is -2.42. The second kappa shape index (κ2) is 12.8. The summed E-state index contributed by atoms with van der Waals surface area (Å²) in [5.41, 5.74) is 2.31. The molecule has 2 aromatic carbocycles. The minimum atomic E-state index is -0.00761. The number of nitrogens with one attached hydrogen (secondary N) is 2. The Morgan fingerprint density at radius 3 is 2.39 bits per heavy atom. The average Bonchev–Trinajstić information content (AvgIpc) is 3.32. The molecule has 0 aliphatic rings. The van der Waals surface area contributed by atoms with Crippen LogP contribution in [-0.4, -0.2) is 49.1 Å². The van der Waals surface area contributed by atoms with Gasteiger partial charge in [0.25, 0.3) is 0 Å². The number of halogens is 1. The zero-order chi connectivity index (χ0) is 21.2. The maximum absolute atomic E-state index is 5.92. The van der Waals surface area contributed by atoms with Crippen molar-refractivity contribution in [2.24, 2.45) is 4.99 Å². The molecular weight excluding hydrogens is 505 g/mol. The first kappa shape index (κ1) is 24.5. The lowest BCUT2D eigenvalue weighted by Gasteiger charge is -2.18. The van der Waals surface area contributed by atoms with E-state index in [1.54, 1.807) is 20.4 Å². The third-order valence-corrected chi connectivity index (χ3v) is 4.59. The number of hydrogen-bond donors (Lipinski definition) is 2. The van der Waals surface area contributed by atoms with Crippen LogP contribution in [0.1, 0.15) is 12.5 Å². The highest BCUT2D eigenvalue weighted by Crippen LogP contribution is 2.18. The lowest BCUT2D eigenvalue weighted by atomic mass is 10.1. The highest BCUT2D eigenvalue weighted by atomic mass is 127. The molecular formula is C23H30IN5O2. The molecule has 1 heterocycles. The van der Waals surface area contributed by atoms with E-state index in [0.29, 0.717) is 6.54 Å².